The van der Waals surface area contributed by atoms with E-state index in [1.54, 1.807) is 11.0 Å². The third-order valence-electron chi connectivity index (χ3n) is 6.52. The molecule has 1 fully saturated rings. The second-order valence-corrected chi connectivity index (χ2v) is 12.1. The van der Waals surface area contributed by atoms with Gasteiger partial charge in [0, 0.05) is 36.3 Å². The molecule has 212 valence electrons. The molecule has 1 N–H and O–H groups in total. The van der Waals surface area contributed by atoms with Crippen molar-refractivity contribution in [3.05, 3.63) is 64.7 Å². The molecule has 0 radical (unpaired) electrons. The average Bonchev–Trinajstić information content (AvgIpc) is 3.34. The van der Waals surface area contributed by atoms with Crippen LogP contribution < -0.4 is 14.5 Å². The van der Waals surface area contributed by atoms with Crippen molar-refractivity contribution in [2.45, 2.75) is 13.0 Å². The number of hydrogen-bond donors (Lipinski definition) is 1. The number of pyridine rings is 1. The van der Waals surface area contributed by atoms with Crippen LogP contribution >= 0.6 is 11.3 Å². The van der Waals surface area contributed by atoms with Gasteiger partial charge in [0.1, 0.15) is 28.0 Å². The quantitative estimate of drug-likeness (QED) is 0.297. The van der Waals surface area contributed by atoms with Gasteiger partial charge in [-0.25, -0.2) is 36.7 Å². The van der Waals surface area contributed by atoms with Crippen LogP contribution in [0.4, 0.5) is 25.3 Å². The summed E-state index contributed by atoms with van der Waals surface area (Å²) >= 11 is 1.10. The predicted octanol–water partition coefficient (Wildman–Crippen LogP) is 4.19. The molecule has 0 bridgehead atoms. The van der Waals surface area contributed by atoms with Crippen LogP contribution in [0.2, 0.25) is 0 Å². The number of nitrogens with one attached hydrogen (secondary N) is 1. The van der Waals surface area contributed by atoms with Crippen molar-refractivity contribution in [3.8, 4) is 17.3 Å². The number of fused-ring (bicyclic) bond motifs is 1. The van der Waals surface area contributed by atoms with Crippen molar-refractivity contribution in [1.82, 2.24) is 14.7 Å². The fourth-order valence-corrected chi connectivity index (χ4v) is 6.36. The monoisotopic (exact) mass is 598 g/mol. The first-order valence-electron chi connectivity index (χ1n) is 12.4. The van der Waals surface area contributed by atoms with Crippen molar-refractivity contribution in [3.63, 3.8) is 0 Å². The van der Waals surface area contributed by atoms with Crippen molar-refractivity contribution < 1.29 is 26.7 Å². The number of sulfonamides is 1. The lowest BCUT2D eigenvalue weighted by atomic mass is 10.1. The molecule has 3 heterocycles. The van der Waals surface area contributed by atoms with Crippen LogP contribution in [0.15, 0.2) is 42.5 Å². The highest BCUT2D eigenvalue weighted by molar-refractivity contribution is 7.88. The summed E-state index contributed by atoms with van der Waals surface area (Å²) in [5.74, 6) is -1.85. The SMILES string of the molecule is CCN(c1nc(-c2ccc(F)cc2)c(C#N)s1)c1cc(C(=O)OC)nc2c(F)cc(N3CC(NS(C)(=O)=O)C3)cc12. The molecule has 1 saturated heterocycles. The van der Waals surface area contributed by atoms with Crippen molar-refractivity contribution >= 4 is 54.7 Å². The van der Waals surface area contributed by atoms with Gasteiger partial charge in [-0.1, -0.05) is 11.3 Å². The summed E-state index contributed by atoms with van der Waals surface area (Å²) in [5.41, 5.74) is 1.67. The molecule has 0 atom stereocenters. The molecular weight excluding hydrogens is 574 g/mol. The average molecular weight is 599 g/mol. The van der Waals surface area contributed by atoms with Gasteiger partial charge in [-0.05, 0) is 49.4 Å². The van der Waals surface area contributed by atoms with Gasteiger partial charge >= 0.3 is 5.97 Å². The molecule has 0 saturated carbocycles. The normalized spacial score (nSPS) is 13.6. The topological polar surface area (TPSA) is 129 Å². The maximum atomic E-state index is 15.6. The molecule has 0 spiro atoms. The molecular formula is C27H24F2N6O4S2. The Morgan fingerprint density at radius 1 is 1.22 bits per heavy atom. The Bertz CT molecular complexity index is 1800. The van der Waals surface area contributed by atoms with Gasteiger partial charge in [0.2, 0.25) is 10.0 Å². The van der Waals surface area contributed by atoms with Crippen LogP contribution in [0.1, 0.15) is 22.3 Å². The van der Waals surface area contributed by atoms with Crippen LogP contribution in [-0.2, 0) is 14.8 Å². The number of halogens is 2. The van der Waals surface area contributed by atoms with E-state index in [1.165, 1.54) is 43.5 Å². The minimum Gasteiger partial charge on any atom is -0.464 e. The maximum absolute atomic E-state index is 15.6. The fourth-order valence-electron chi connectivity index (χ4n) is 4.65. The zero-order chi connectivity index (χ0) is 29.5. The van der Waals surface area contributed by atoms with Gasteiger partial charge in [-0.15, -0.1) is 0 Å². The molecule has 2 aromatic carbocycles. The second kappa shape index (κ2) is 11.0. The van der Waals surface area contributed by atoms with E-state index >= 15 is 4.39 Å². The molecule has 0 aliphatic carbocycles. The first kappa shape index (κ1) is 28.3. The van der Waals surface area contributed by atoms with Gasteiger partial charge in [0.15, 0.2) is 16.6 Å². The highest BCUT2D eigenvalue weighted by atomic mass is 32.2. The lowest BCUT2D eigenvalue weighted by Crippen LogP contribution is -2.59. The van der Waals surface area contributed by atoms with Crippen LogP contribution in [0, 0.1) is 23.0 Å². The molecule has 41 heavy (non-hydrogen) atoms. The zero-order valence-electron chi connectivity index (χ0n) is 22.2. The first-order valence-corrected chi connectivity index (χ1v) is 15.1. The van der Waals surface area contributed by atoms with Crippen LogP contribution in [0.5, 0.6) is 0 Å². The maximum Gasteiger partial charge on any atom is 0.356 e. The Balaban J connectivity index is 1.62. The van der Waals surface area contributed by atoms with E-state index in [4.69, 9.17) is 4.74 Å². The number of benzene rings is 2. The van der Waals surface area contributed by atoms with E-state index in [0.717, 1.165) is 17.6 Å². The molecule has 14 heteroatoms. The number of nitriles is 1. The van der Waals surface area contributed by atoms with E-state index < -0.39 is 27.6 Å². The Labute approximate surface area is 238 Å². The third kappa shape index (κ3) is 5.69. The van der Waals surface area contributed by atoms with E-state index in [9.17, 15) is 22.9 Å². The van der Waals surface area contributed by atoms with E-state index in [2.05, 4.69) is 20.8 Å². The number of carbonyl (C=O) groups excluding carboxylic acids is 1. The minimum atomic E-state index is -3.38. The summed E-state index contributed by atoms with van der Waals surface area (Å²) in [5, 5.41) is 10.6. The largest absolute Gasteiger partial charge is 0.464 e. The highest BCUT2D eigenvalue weighted by Crippen LogP contribution is 2.40. The number of hydrogen-bond acceptors (Lipinski definition) is 10. The summed E-state index contributed by atoms with van der Waals surface area (Å²) in [7, 11) is -2.19. The van der Waals surface area contributed by atoms with Gasteiger partial charge in [-0.3, -0.25) is 0 Å². The Hall–Kier alpha value is -4.19. The minimum absolute atomic E-state index is 0.0627. The van der Waals surface area contributed by atoms with Crippen LogP contribution in [-0.4, -0.2) is 63.4 Å². The molecule has 1 aliphatic heterocycles. The first-order chi connectivity index (χ1) is 19.5. The standard InChI is InChI=1S/C27H24F2N6O4S2/c1-4-35(27-32-24(23(12-30)40-27)15-5-7-16(28)8-6-15)22-11-21(26(36)39-2)31-25-19(22)9-18(10-20(25)29)34-13-17(14-34)33-41(3,37)38/h5-11,17,33H,4,13-14H2,1-3H3. The zero-order valence-corrected chi connectivity index (χ0v) is 23.8. The molecule has 1 aliphatic rings. The van der Waals surface area contributed by atoms with E-state index in [1.807, 2.05) is 11.8 Å². The predicted molar refractivity (Wildman–Crippen MR) is 152 cm³/mol. The van der Waals surface area contributed by atoms with E-state index in [0.29, 0.717) is 57.7 Å². The van der Waals surface area contributed by atoms with Crippen LogP contribution in [0.3, 0.4) is 0 Å². The smallest absolute Gasteiger partial charge is 0.356 e. The summed E-state index contributed by atoms with van der Waals surface area (Å²) in [6.45, 7) is 2.86. The molecule has 10 nitrogen and oxygen atoms in total. The fraction of sp³-hybridized carbons (Fsp3) is 0.259. The number of esters is 1. The molecule has 2 aromatic heterocycles. The summed E-state index contributed by atoms with van der Waals surface area (Å²) in [6, 6.07) is 11.9. The van der Waals surface area contributed by atoms with Gasteiger partial charge in [-0.2, -0.15) is 5.26 Å². The lowest BCUT2D eigenvalue weighted by Gasteiger charge is -2.41. The number of aromatic nitrogens is 2. The van der Waals surface area contributed by atoms with Gasteiger partial charge < -0.3 is 14.5 Å². The second-order valence-electron chi connectivity index (χ2n) is 9.37. The van der Waals surface area contributed by atoms with Gasteiger partial charge in [0.25, 0.3) is 0 Å². The number of rotatable bonds is 8. The number of anilines is 3. The number of ether oxygens (including phenoxy) is 1. The van der Waals surface area contributed by atoms with Crippen molar-refractivity contribution in [2.75, 3.05) is 42.8 Å². The lowest BCUT2D eigenvalue weighted by molar-refractivity contribution is 0.0594. The van der Waals surface area contributed by atoms with Crippen molar-refractivity contribution in [2.24, 2.45) is 0 Å². The number of methoxy groups -OCH3 is 1. The summed E-state index contributed by atoms with van der Waals surface area (Å²) in [4.78, 5) is 25.3. The van der Waals surface area contributed by atoms with Crippen molar-refractivity contribution in [1.29, 1.82) is 5.26 Å². The number of nitrogens with zero attached hydrogens (tertiary/aromatic N) is 5. The molecule has 0 amide bonds. The Morgan fingerprint density at radius 2 is 1.93 bits per heavy atom. The Kier molecular flexibility index (Phi) is 7.60. The van der Waals surface area contributed by atoms with E-state index in [-0.39, 0.29) is 17.3 Å². The molecule has 0 unspecified atom stereocenters. The summed E-state index contributed by atoms with van der Waals surface area (Å²) < 4.78 is 59.6. The Morgan fingerprint density at radius 3 is 2.54 bits per heavy atom. The summed E-state index contributed by atoms with van der Waals surface area (Å²) in [6.07, 6.45) is 1.08. The number of thiazole rings is 1. The van der Waals surface area contributed by atoms with Gasteiger partial charge in [0.05, 0.1) is 25.1 Å². The molecule has 5 rings (SSSR count). The molecule has 4 aromatic rings. The number of carbonyl (C=O) groups is 1. The highest BCUT2D eigenvalue weighted by Gasteiger charge is 2.31. The van der Waals surface area contributed by atoms with Crippen LogP contribution in [0.25, 0.3) is 22.2 Å². The third-order valence-corrected chi connectivity index (χ3v) is 8.27.